The van der Waals surface area contributed by atoms with E-state index in [0.29, 0.717) is 17.2 Å². The van der Waals surface area contributed by atoms with Gasteiger partial charge in [0.15, 0.2) is 6.29 Å². The maximum Gasteiger partial charge on any atom is 0.338 e. The van der Waals surface area contributed by atoms with Crippen molar-refractivity contribution >= 4 is 33.7 Å². The number of carboxylic acid groups (broad SMARTS) is 1. The van der Waals surface area contributed by atoms with Crippen molar-refractivity contribution in [3.05, 3.63) is 160 Å². The van der Waals surface area contributed by atoms with Gasteiger partial charge in [0.1, 0.15) is 11.1 Å². The lowest BCUT2D eigenvalue weighted by Gasteiger charge is -2.36. The van der Waals surface area contributed by atoms with Gasteiger partial charge in [-0.1, -0.05) is 96.6 Å². The summed E-state index contributed by atoms with van der Waals surface area (Å²) in [5.41, 5.74) is 5.08. The van der Waals surface area contributed by atoms with Crippen LogP contribution in [0.15, 0.2) is 131 Å². The highest BCUT2D eigenvalue weighted by Gasteiger charge is 2.33. The second-order valence-corrected chi connectivity index (χ2v) is 15.7. The van der Waals surface area contributed by atoms with Gasteiger partial charge in [-0.25, -0.2) is 18.2 Å². The van der Waals surface area contributed by atoms with Gasteiger partial charge in [-0.3, -0.25) is 4.79 Å². The number of aliphatic hydroxyl groups excluding tert-OH is 1. The summed E-state index contributed by atoms with van der Waals surface area (Å²) >= 11 is 1.31. The molecule has 13 heteroatoms. The van der Waals surface area contributed by atoms with E-state index >= 15 is 0 Å². The molecule has 280 valence electrons. The summed E-state index contributed by atoms with van der Waals surface area (Å²) in [6.07, 6.45) is 0.835. The van der Waals surface area contributed by atoms with E-state index in [0.717, 1.165) is 33.4 Å². The number of benzene rings is 4. The fourth-order valence-electron chi connectivity index (χ4n) is 5.98. The number of sulfonamides is 1. The number of aryl methyl sites for hydroxylation is 1. The summed E-state index contributed by atoms with van der Waals surface area (Å²) in [4.78, 5) is 29.6. The van der Waals surface area contributed by atoms with Crippen LogP contribution in [0.2, 0.25) is 0 Å². The van der Waals surface area contributed by atoms with Gasteiger partial charge in [-0.05, 0) is 59.9 Å². The lowest BCUT2D eigenvalue weighted by atomic mass is 10.0. The van der Waals surface area contributed by atoms with E-state index in [1.165, 1.54) is 30.0 Å². The molecule has 1 saturated heterocycles. The maximum atomic E-state index is 13.5. The lowest BCUT2D eigenvalue weighted by molar-refractivity contribution is -0.245. The number of hydrogen-bond donors (Lipinski definition) is 4. The number of pyridine rings is 1. The number of carboxylic acids is 1. The predicted molar refractivity (Wildman–Crippen MR) is 204 cm³/mol. The van der Waals surface area contributed by atoms with Crippen molar-refractivity contribution in [2.45, 2.75) is 67.4 Å². The molecule has 1 aromatic heterocycles. The van der Waals surface area contributed by atoms with Crippen molar-refractivity contribution < 1.29 is 37.7 Å². The first-order valence-electron chi connectivity index (χ1n) is 17.4. The average molecular weight is 768 g/mol. The summed E-state index contributed by atoms with van der Waals surface area (Å²) in [7, 11) is -3.98. The molecule has 1 amide bonds. The molecule has 1 fully saturated rings. The van der Waals surface area contributed by atoms with Crippen LogP contribution >= 0.6 is 11.8 Å². The normalized spacial score (nSPS) is 17.8. The van der Waals surface area contributed by atoms with Crippen molar-refractivity contribution in [2.24, 2.45) is 0 Å². The van der Waals surface area contributed by atoms with Gasteiger partial charge >= 0.3 is 5.97 Å². The number of rotatable bonds is 15. The molecule has 4 aromatic carbocycles. The Balaban J connectivity index is 1.15. The van der Waals surface area contributed by atoms with Gasteiger partial charge in [0.2, 0.25) is 15.9 Å². The Kier molecular flexibility index (Phi) is 12.9. The molecule has 0 saturated carbocycles. The maximum absolute atomic E-state index is 13.5. The van der Waals surface area contributed by atoms with Gasteiger partial charge in [-0.2, -0.15) is 4.72 Å². The Labute approximate surface area is 318 Å². The minimum absolute atomic E-state index is 0.0731. The Morgan fingerprint density at radius 3 is 2.22 bits per heavy atom. The molecular formula is C41H41N3O8S2. The summed E-state index contributed by atoms with van der Waals surface area (Å²) in [5, 5.41) is 22.5. The number of hydrogen-bond acceptors (Lipinski definition) is 9. The van der Waals surface area contributed by atoms with Gasteiger partial charge < -0.3 is 25.0 Å². The van der Waals surface area contributed by atoms with Crippen LogP contribution in [-0.4, -0.2) is 53.4 Å². The van der Waals surface area contributed by atoms with Crippen molar-refractivity contribution in [1.29, 1.82) is 0 Å². The molecule has 2 heterocycles. The van der Waals surface area contributed by atoms with E-state index < -0.39 is 34.2 Å². The fraction of sp³-hybridized carbons (Fsp3) is 0.244. The Morgan fingerprint density at radius 2 is 1.54 bits per heavy atom. The van der Waals surface area contributed by atoms with Gasteiger partial charge in [0.05, 0.1) is 29.3 Å². The van der Waals surface area contributed by atoms with Crippen LogP contribution in [0, 0.1) is 6.92 Å². The third kappa shape index (κ3) is 10.2. The summed E-state index contributed by atoms with van der Waals surface area (Å²) < 4.78 is 42.0. The second kappa shape index (κ2) is 18.0. The molecule has 5 aromatic rings. The molecule has 0 radical (unpaired) electrons. The Hall–Kier alpha value is -4.89. The smallest absolute Gasteiger partial charge is 0.338 e. The first kappa shape index (κ1) is 38.8. The monoisotopic (exact) mass is 767 g/mol. The number of carbonyl (C=O) groups is 2. The SMILES string of the molecule is Cc1ccc(S(=O)(=O)N[C@H](Cc2ccccc2)C(=O)NCc2ccc([C@@H]3O[C@H](CSc4ncccc4C(=O)O)C[C@H](c4ccc(CO)cc4)O3)cc2)cc1. The molecule has 1 aliphatic heterocycles. The highest BCUT2D eigenvalue weighted by Crippen LogP contribution is 2.39. The van der Waals surface area contributed by atoms with E-state index in [2.05, 4.69) is 15.0 Å². The number of nitrogens with zero attached hydrogens (tertiary/aromatic N) is 1. The molecule has 0 spiro atoms. The quantitative estimate of drug-likeness (QED) is 0.0913. The van der Waals surface area contributed by atoms with Crippen molar-refractivity contribution in [3.8, 4) is 0 Å². The Morgan fingerprint density at radius 1 is 0.852 bits per heavy atom. The molecule has 0 unspecified atom stereocenters. The van der Waals surface area contributed by atoms with Crippen LogP contribution in [0.4, 0.5) is 0 Å². The highest BCUT2D eigenvalue weighted by molar-refractivity contribution is 7.99. The van der Waals surface area contributed by atoms with Gasteiger partial charge in [0.25, 0.3) is 0 Å². The standard InChI is InChI=1S/C41H41N3O8S2/c1-27-9-19-34(20-10-27)54(49,50)44-36(22-28-6-3-2-4-7-28)38(46)43-24-29-11-17-32(18-12-29)41-51-33(26-53-39-35(40(47)48)8-5-21-42-39)23-37(52-41)31-15-13-30(25-45)14-16-31/h2-21,33,36-37,41,44-45H,22-26H2,1H3,(H,43,46)(H,47,48)/t33-,36+,37+,41+/m0/s1. The topological polar surface area (TPSA) is 164 Å². The largest absolute Gasteiger partial charge is 0.478 e. The van der Waals surface area contributed by atoms with Gasteiger partial charge in [-0.15, -0.1) is 11.8 Å². The third-order valence-electron chi connectivity index (χ3n) is 8.97. The minimum Gasteiger partial charge on any atom is -0.478 e. The molecule has 4 atom stereocenters. The number of ether oxygens (including phenoxy) is 2. The molecule has 11 nitrogen and oxygen atoms in total. The summed E-state index contributed by atoms with van der Waals surface area (Å²) in [6, 6.07) is 32.7. The zero-order valence-corrected chi connectivity index (χ0v) is 31.1. The van der Waals surface area contributed by atoms with Crippen LogP contribution in [0.5, 0.6) is 0 Å². The third-order valence-corrected chi connectivity index (χ3v) is 11.6. The van der Waals surface area contributed by atoms with Crippen molar-refractivity contribution in [3.63, 3.8) is 0 Å². The molecule has 0 bridgehead atoms. The first-order valence-corrected chi connectivity index (χ1v) is 19.9. The summed E-state index contributed by atoms with van der Waals surface area (Å²) in [6.45, 7) is 1.95. The number of aromatic nitrogens is 1. The van der Waals surface area contributed by atoms with E-state index in [4.69, 9.17) is 9.47 Å². The van der Waals surface area contributed by atoms with E-state index in [9.17, 15) is 28.2 Å². The summed E-state index contributed by atoms with van der Waals surface area (Å²) in [5.74, 6) is -1.08. The number of amides is 1. The lowest BCUT2D eigenvalue weighted by Crippen LogP contribution is -2.47. The van der Waals surface area contributed by atoms with Crippen molar-refractivity contribution in [2.75, 3.05) is 5.75 Å². The number of thioether (sulfide) groups is 1. The molecule has 0 aliphatic carbocycles. The molecular weight excluding hydrogens is 727 g/mol. The van der Waals surface area contributed by atoms with Crippen LogP contribution in [0.3, 0.4) is 0 Å². The number of nitrogens with one attached hydrogen (secondary N) is 2. The predicted octanol–water partition coefficient (Wildman–Crippen LogP) is 6.12. The second-order valence-electron chi connectivity index (χ2n) is 13.0. The number of carbonyl (C=O) groups excluding carboxylic acids is 1. The minimum atomic E-state index is -3.98. The number of aromatic carboxylic acids is 1. The van der Waals surface area contributed by atoms with Gasteiger partial charge in [0, 0.05) is 30.5 Å². The number of aliphatic hydroxyl groups is 1. The van der Waals surface area contributed by atoms with Crippen LogP contribution in [0.1, 0.15) is 62.6 Å². The fourth-order valence-corrected chi connectivity index (χ4v) is 8.18. The van der Waals surface area contributed by atoms with Crippen LogP contribution in [-0.2, 0) is 43.9 Å². The highest BCUT2D eigenvalue weighted by atomic mass is 32.2. The molecule has 1 aliphatic rings. The zero-order chi connectivity index (χ0) is 38.1. The molecule has 4 N–H and O–H groups in total. The van der Waals surface area contributed by atoms with Crippen LogP contribution in [0.25, 0.3) is 0 Å². The van der Waals surface area contributed by atoms with E-state index in [1.54, 1.807) is 24.4 Å². The zero-order valence-electron chi connectivity index (χ0n) is 29.5. The molecule has 6 rings (SSSR count). The average Bonchev–Trinajstić information content (AvgIpc) is 3.19. The van der Waals surface area contributed by atoms with Crippen LogP contribution < -0.4 is 10.0 Å². The Bertz CT molecular complexity index is 2130. The first-order chi connectivity index (χ1) is 26.1. The van der Waals surface area contributed by atoms with Crippen molar-refractivity contribution in [1.82, 2.24) is 15.0 Å². The van der Waals surface area contributed by atoms with E-state index in [1.807, 2.05) is 85.8 Å². The molecule has 54 heavy (non-hydrogen) atoms. The van der Waals surface area contributed by atoms with E-state index in [-0.39, 0.29) is 42.2 Å².